The zero-order chi connectivity index (χ0) is 26.6. The minimum absolute atomic E-state index is 0.263. The summed E-state index contributed by atoms with van der Waals surface area (Å²) in [5, 5.41) is 0. The fraction of sp³-hybridized carbons (Fsp3) is 0.515. The summed E-state index contributed by atoms with van der Waals surface area (Å²) in [6, 6.07) is 5.18. The second kappa shape index (κ2) is 9.85. The van der Waals surface area contributed by atoms with E-state index in [9.17, 15) is 0 Å². The first kappa shape index (κ1) is 25.1. The third-order valence-electron chi connectivity index (χ3n) is 9.00. The molecule has 38 heavy (non-hydrogen) atoms. The van der Waals surface area contributed by atoms with E-state index in [1.165, 1.54) is 53.6 Å². The number of piperidine rings is 1. The number of nitrogens with zero attached hydrogens (tertiary/aromatic N) is 5. The number of fused-ring (bicyclic) bond motifs is 2. The summed E-state index contributed by atoms with van der Waals surface area (Å²) in [6.45, 7) is 13.3. The van der Waals surface area contributed by atoms with E-state index in [1.54, 1.807) is 0 Å². The van der Waals surface area contributed by atoms with Gasteiger partial charge in [-0.15, -0.1) is 5.73 Å². The highest BCUT2D eigenvalue weighted by Gasteiger charge is 2.39. The summed E-state index contributed by atoms with van der Waals surface area (Å²) >= 11 is 0. The van der Waals surface area contributed by atoms with Crippen molar-refractivity contribution in [3.05, 3.63) is 71.4 Å². The molecule has 4 aliphatic rings. The van der Waals surface area contributed by atoms with Crippen LogP contribution >= 0.6 is 0 Å². The summed E-state index contributed by atoms with van der Waals surface area (Å²) in [7, 11) is 4.40. The first-order valence-corrected chi connectivity index (χ1v) is 14.6. The highest BCUT2D eigenvalue weighted by Crippen LogP contribution is 2.42. The lowest BCUT2D eigenvalue weighted by Crippen LogP contribution is -2.43. The maximum Gasteiger partial charge on any atom is 0.157 e. The molecule has 1 saturated carbocycles. The van der Waals surface area contributed by atoms with Crippen molar-refractivity contribution in [3.8, 4) is 0 Å². The standard InChI is InChI=1S/C33H43N5/c1-7-10-25-17-27(29(8-2)37-20-22(3)12-13-23(37)4)18-28-31(25)36(6)32(34-28)30-19-26-11-9-16-35(5)33(26)38(30)21-24-14-15-24/h9,11,16-19,22-24,33H,2,7,10,12-15,20-21H2,1,3-6H3/t22?,23-,33?/m0/s1. The fourth-order valence-corrected chi connectivity index (χ4v) is 6.80. The third kappa shape index (κ3) is 4.31. The normalized spacial score (nSPS) is 25.0. The van der Waals surface area contributed by atoms with Crippen molar-refractivity contribution in [2.45, 2.75) is 71.5 Å². The van der Waals surface area contributed by atoms with Crippen LogP contribution < -0.4 is 0 Å². The molecule has 3 atom stereocenters. The van der Waals surface area contributed by atoms with Crippen LogP contribution in [-0.2, 0) is 13.5 Å². The van der Waals surface area contributed by atoms with Crippen LogP contribution in [0, 0.1) is 11.8 Å². The maximum atomic E-state index is 5.36. The van der Waals surface area contributed by atoms with E-state index in [0.29, 0.717) is 12.0 Å². The minimum atomic E-state index is 0.263. The van der Waals surface area contributed by atoms with Gasteiger partial charge in [0.15, 0.2) is 5.82 Å². The van der Waals surface area contributed by atoms with Gasteiger partial charge in [0.25, 0.3) is 0 Å². The van der Waals surface area contributed by atoms with E-state index in [0.717, 1.165) is 48.9 Å². The Morgan fingerprint density at radius 2 is 1.95 bits per heavy atom. The molecule has 0 amide bonds. The molecular formula is C33H43N5. The Kier molecular flexibility index (Phi) is 6.52. The molecule has 6 rings (SSSR count). The summed E-state index contributed by atoms with van der Waals surface area (Å²) in [4.78, 5) is 12.8. The summed E-state index contributed by atoms with van der Waals surface area (Å²) in [5.74, 6) is 2.55. The van der Waals surface area contributed by atoms with Gasteiger partial charge in [-0.05, 0) is 86.3 Å². The van der Waals surface area contributed by atoms with Gasteiger partial charge in [0, 0.05) is 45.0 Å². The van der Waals surface area contributed by atoms with Crippen LogP contribution in [0.3, 0.4) is 0 Å². The van der Waals surface area contributed by atoms with Gasteiger partial charge in [-0.3, -0.25) is 0 Å². The predicted octanol–water partition coefficient (Wildman–Crippen LogP) is 6.55. The minimum Gasteiger partial charge on any atom is -0.362 e. The van der Waals surface area contributed by atoms with Gasteiger partial charge in [-0.1, -0.05) is 32.9 Å². The average molecular weight is 510 g/mol. The van der Waals surface area contributed by atoms with Crippen LogP contribution in [0.15, 0.2) is 54.4 Å². The summed E-state index contributed by atoms with van der Waals surface area (Å²) in [6.07, 6.45) is 16.6. The number of likely N-dealkylation sites (N-methyl/N-ethyl adjacent to an activating group) is 1. The van der Waals surface area contributed by atoms with Crippen molar-refractivity contribution in [1.29, 1.82) is 0 Å². The second-order valence-corrected chi connectivity index (χ2v) is 12.1. The number of hydrogen-bond acceptors (Lipinski definition) is 4. The molecule has 2 unspecified atom stereocenters. The van der Waals surface area contributed by atoms with Gasteiger partial charge in [0.05, 0.1) is 22.4 Å². The van der Waals surface area contributed by atoms with Gasteiger partial charge < -0.3 is 19.3 Å². The van der Waals surface area contributed by atoms with Crippen molar-refractivity contribution in [3.63, 3.8) is 0 Å². The molecule has 1 aliphatic carbocycles. The Balaban J connectivity index is 1.45. The van der Waals surface area contributed by atoms with Crippen molar-refractivity contribution in [1.82, 2.24) is 24.3 Å². The lowest BCUT2D eigenvalue weighted by molar-refractivity contribution is 0.190. The maximum absolute atomic E-state index is 5.36. The number of hydrogen-bond donors (Lipinski definition) is 0. The van der Waals surface area contributed by atoms with Gasteiger partial charge in [0.2, 0.25) is 0 Å². The van der Waals surface area contributed by atoms with Crippen LogP contribution in [0.25, 0.3) is 22.4 Å². The Morgan fingerprint density at radius 1 is 1.13 bits per heavy atom. The smallest absolute Gasteiger partial charge is 0.157 e. The van der Waals surface area contributed by atoms with Gasteiger partial charge in [0.1, 0.15) is 6.17 Å². The lowest BCUT2D eigenvalue weighted by atomic mass is 9.93. The molecule has 5 nitrogen and oxygen atoms in total. The van der Waals surface area contributed by atoms with Crippen LogP contribution in [0.2, 0.25) is 0 Å². The fourth-order valence-electron chi connectivity index (χ4n) is 6.80. The Morgan fingerprint density at radius 3 is 2.68 bits per heavy atom. The molecule has 3 aliphatic heterocycles. The first-order chi connectivity index (χ1) is 18.4. The number of aryl methyl sites for hydroxylation is 2. The highest BCUT2D eigenvalue weighted by atomic mass is 15.4. The lowest BCUT2D eigenvalue weighted by Gasteiger charge is -2.39. The zero-order valence-electron chi connectivity index (χ0n) is 23.9. The summed E-state index contributed by atoms with van der Waals surface area (Å²) in [5.41, 5.74) is 12.0. The van der Waals surface area contributed by atoms with Crippen molar-refractivity contribution < 1.29 is 0 Å². The Bertz CT molecular complexity index is 1380. The molecule has 2 aromatic rings. The van der Waals surface area contributed by atoms with E-state index in [2.05, 4.69) is 103 Å². The van der Waals surface area contributed by atoms with E-state index in [1.807, 2.05) is 0 Å². The van der Waals surface area contributed by atoms with Crippen molar-refractivity contribution in [2.75, 3.05) is 20.1 Å². The SMILES string of the molecule is C=C=C(c1cc(CCC)c2c(c1)nc(C1=CC3=CC=CN(C)C3N1CC1CC1)n2C)N1CC(C)CC[C@@H]1C. The van der Waals surface area contributed by atoms with Gasteiger partial charge in [-0.2, -0.15) is 0 Å². The topological polar surface area (TPSA) is 27.5 Å². The quantitative estimate of drug-likeness (QED) is 0.396. The highest BCUT2D eigenvalue weighted by molar-refractivity contribution is 5.87. The Hall–Kier alpha value is -3.17. The molecule has 2 fully saturated rings. The van der Waals surface area contributed by atoms with E-state index < -0.39 is 0 Å². The van der Waals surface area contributed by atoms with E-state index >= 15 is 0 Å². The number of imidazole rings is 1. The van der Waals surface area contributed by atoms with Crippen LogP contribution in [-0.4, -0.2) is 56.6 Å². The molecule has 1 aromatic heterocycles. The molecule has 0 N–H and O–H groups in total. The number of likely N-dealkylation sites (tertiary alicyclic amines) is 1. The number of allylic oxidation sites excluding steroid dienone is 2. The molecule has 5 heteroatoms. The molecule has 0 spiro atoms. The Labute approximate surface area is 228 Å². The van der Waals surface area contributed by atoms with Crippen LogP contribution in [0.4, 0.5) is 0 Å². The number of benzene rings is 1. The zero-order valence-corrected chi connectivity index (χ0v) is 23.9. The third-order valence-corrected chi connectivity index (χ3v) is 9.00. The van der Waals surface area contributed by atoms with Crippen molar-refractivity contribution in [2.24, 2.45) is 18.9 Å². The van der Waals surface area contributed by atoms with Crippen LogP contribution in [0.1, 0.15) is 69.8 Å². The average Bonchev–Trinajstić information content (AvgIpc) is 3.55. The molecule has 4 heterocycles. The van der Waals surface area contributed by atoms with E-state index in [4.69, 9.17) is 4.98 Å². The monoisotopic (exact) mass is 509 g/mol. The largest absolute Gasteiger partial charge is 0.362 e. The van der Waals surface area contributed by atoms with Crippen LogP contribution in [0.5, 0.6) is 0 Å². The molecule has 0 bridgehead atoms. The number of rotatable bonds is 7. The van der Waals surface area contributed by atoms with E-state index in [-0.39, 0.29) is 6.17 Å². The molecule has 200 valence electrons. The second-order valence-electron chi connectivity index (χ2n) is 12.1. The molecule has 1 saturated heterocycles. The predicted molar refractivity (Wildman–Crippen MR) is 158 cm³/mol. The molecule has 1 aromatic carbocycles. The first-order valence-electron chi connectivity index (χ1n) is 14.6. The van der Waals surface area contributed by atoms with Gasteiger partial charge >= 0.3 is 0 Å². The molecular weight excluding hydrogens is 466 g/mol. The summed E-state index contributed by atoms with van der Waals surface area (Å²) < 4.78 is 2.35. The van der Waals surface area contributed by atoms with Crippen molar-refractivity contribution >= 4 is 22.4 Å². The van der Waals surface area contributed by atoms with Gasteiger partial charge in [-0.25, -0.2) is 4.98 Å². The molecule has 0 radical (unpaired) electrons. The number of aromatic nitrogens is 2.